The van der Waals surface area contributed by atoms with Crippen molar-refractivity contribution in [3.63, 3.8) is 0 Å². The zero-order chi connectivity index (χ0) is 15.7. The number of morpholine rings is 1. The maximum Gasteiger partial charge on any atom is 0.240 e. The van der Waals surface area contributed by atoms with E-state index in [1.807, 2.05) is 11.0 Å². The maximum absolute atomic E-state index is 11.6. The number of rotatable bonds is 3. The Labute approximate surface area is 130 Å². The summed E-state index contributed by atoms with van der Waals surface area (Å²) in [5, 5.41) is 0. The third-order valence-electron chi connectivity index (χ3n) is 4.26. The number of aromatic nitrogens is 2. The molecule has 0 radical (unpaired) electrons. The number of primary amides is 1. The molecule has 0 aromatic carbocycles. The minimum absolute atomic E-state index is 0.173. The second-order valence-electron chi connectivity index (χ2n) is 6.15. The van der Waals surface area contributed by atoms with Gasteiger partial charge in [0, 0.05) is 25.7 Å². The summed E-state index contributed by atoms with van der Waals surface area (Å²) in [6, 6.07) is 1.69. The summed E-state index contributed by atoms with van der Waals surface area (Å²) in [5.41, 5.74) is 5.49. The van der Waals surface area contributed by atoms with Gasteiger partial charge in [-0.15, -0.1) is 0 Å². The van der Waals surface area contributed by atoms with E-state index in [9.17, 15) is 4.79 Å². The van der Waals surface area contributed by atoms with Crippen molar-refractivity contribution in [2.45, 2.75) is 44.9 Å². The van der Waals surface area contributed by atoms with Gasteiger partial charge < -0.3 is 20.3 Å². The predicted octanol–water partition coefficient (Wildman–Crippen LogP) is 0.544. The van der Waals surface area contributed by atoms with Crippen LogP contribution in [0.25, 0.3) is 0 Å². The van der Waals surface area contributed by atoms with Gasteiger partial charge in [0.1, 0.15) is 24.0 Å². The van der Waals surface area contributed by atoms with E-state index in [1.165, 1.54) is 0 Å². The summed E-state index contributed by atoms with van der Waals surface area (Å²) in [5.74, 6) is 1.37. The van der Waals surface area contributed by atoms with Gasteiger partial charge in [0.15, 0.2) is 0 Å². The molecule has 1 aromatic rings. The molecule has 0 aliphatic carbocycles. The lowest BCUT2D eigenvalue weighted by Gasteiger charge is -2.36. The molecule has 2 aliphatic rings. The van der Waals surface area contributed by atoms with Gasteiger partial charge in [0.25, 0.3) is 0 Å². The zero-order valence-electron chi connectivity index (χ0n) is 13.1. The quantitative estimate of drug-likeness (QED) is 0.877. The van der Waals surface area contributed by atoms with Gasteiger partial charge >= 0.3 is 0 Å². The van der Waals surface area contributed by atoms with Crippen LogP contribution in [-0.2, 0) is 9.53 Å². The standard InChI is InChI=1S/C15H23N5O2/c1-10-7-19(8-11(2)22-10)13-6-14(18-9-17-13)20-5-3-4-12(20)15(16)21/h6,9-12H,3-5,7-8H2,1-2H3,(H2,16,21)/t10-,11-,12-/m1/s1. The molecule has 1 amide bonds. The van der Waals surface area contributed by atoms with Gasteiger partial charge in [-0.2, -0.15) is 0 Å². The highest BCUT2D eigenvalue weighted by Gasteiger charge is 2.31. The second kappa shape index (κ2) is 6.08. The zero-order valence-corrected chi connectivity index (χ0v) is 13.1. The minimum atomic E-state index is -0.286. The first kappa shape index (κ1) is 15.0. The second-order valence-corrected chi connectivity index (χ2v) is 6.15. The number of carbonyl (C=O) groups excluding carboxylic acids is 1. The van der Waals surface area contributed by atoms with Crippen LogP contribution in [-0.4, -0.2) is 53.8 Å². The Balaban J connectivity index is 1.82. The number of hydrogen-bond acceptors (Lipinski definition) is 6. The summed E-state index contributed by atoms with van der Waals surface area (Å²) in [7, 11) is 0. The fourth-order valence-electron chi connectivity index (χ4n) is 3.37. The lowest BCUT2D eigenvalue weighted by Crippen LogP contribution is -2.46. The SMILES string of the molecule is C[C@@H]1CN(c2cc(N3CCC[C@@H]3C(N)=O)ncn2)C[C@@H](C)O1. The molecule has 2 fully saturated rings. The van der Waals surface area contributed by atoms with Gasteiger partial charge in [0.05, 0.1) is 12.2 Å². The third-order valence-corrected chi connectivity index (χ3v) is 4.26. The Kier molecular flexibility index (Phi) is 4.15. The molecule has 2 saturated heterocycles. The van der Waals surface area contributed by atoms with Crippen LogP contribution in [0.15, 0.2) is 12.4 Å². The normalized spacial score (nSPS) is 28.9. The van der Waals surface area contributed by atoms with Crippen LogP contribution in [0, 0.1) is 0 Å². The number of carbonyl (C=O) groups is 1. The number of ether oxygens (including phenoxy) is 1. The summed E-state index contributed by atoms with van der Waals surface area (Å²) < 4.78 is 5.76. The molecule has 22 heavy (non-hydrogen) atoms. The van der Waals surface area contributed by atoms with E-state index in [2.05, 4.69) is 28.7 Å². The molecule has 2 aliphatic heterocycles. The molecular weight excluding hydrogens is 282 g/mol. The molecule has 2 N–H and O–H groups in total. The lowest BCUT2D eigenvalue weighted by atomic mass is 10.2. The Morgan fingerprint density at radius 2 is 1.95 bits per heavy atom. The molecule has 120 valence electrons. The number of amides is 1. The van der Waals surface area contributed by atoms with E-state index >= 15 is 0 Å². The molecule has 0 bridgehead atoms. The van der Waals surface area contributed by atoms with Crippen molar-refractivity contribution in [3.05, 3.63) is 12.4 Å². The van der Waals surface area contributed by atoms with Crippen molar-refractivity contribution in [3.8, 4) is 0 Å². The van der Waals surface area contributed by atoms with Crippen LogP contribution in [0.4, 0.5) is 11.6 Å². The molecule has 0 unspecified atom stereocenters. The van der Waals surface area contributed by atoms with Gasteiger partial charge in [-0.1, -0.05) is 0 Å². The molecule has 7 heteroatoms. The van der Waals surface area contributed by atoms with Crippen LogP contribution in [0.2, 0.25) is 0 Å². The van der Waals surface area contributed by atoms with Crippen LogP contribution in [0.5, 0.6) is 0 Å². The van der Waals surface area contributed by atoms with Crippen molar-refractivity contribution in [2.24, 2.45) is 5.73 Å². The van der Waals surface area contributed by atoms with Gasteiger partial charge in [-0.25, -0.2) is 9.97 Å². The smallest absolute Gasteiger partial charge is 0.240 e. The minimum Gasteiger partial charge on any atom is -0.372 e. The average molecular weight is 305 g/mol. The molecule has 3 rings (SSSR count). The summed E-state index contributed by atoms with van der Waals surface area (Å²) in [4.78, 5) is 24.5. The van der Waals surface area contributed by atoms with Gasteiger partial charge in [0.2, 0.25) is 5.91 Å². The van der Waals surface area contributed by atoms with Gasteiger partial charge in [-0.05, 0) is 26.7 Å². The van der Waals surface area contributed by atoms with Gasteiger partial charge in [-0.3, -0.25) is 4.79 Å². The fraction of sp³-hybridized carbons (Fsp3) is 0.667. The fourth-order valence-corrected chi connectivity index (χ4v) is 3.37. The van der Waals surface area contributed by atoms with E-state index in [1.54, 1.807) is 6.33 Å². The van der Waals surface area contributed by atoms with Crippen LogP contribution >= 0.6 is 0 Å². The molecule has 7 nitrogen and oxygen atoms in total. The first-order chi connectivity index (χ1) is 10.5. The average Bonchev–Trinajstić information content (AvgIpc) is 2.96. The lowest BCUT2D eigenvalue weighted by molar-refractivity contribution is -0.119. The first-order valence-electron chi connectivity index (χ1n) is 7.83. The highest BCUT2D eigenvalue weighted by Crippen LogP contribution is 2.27. The summed E-state index contributed by atoms with van der Waals surface area (Å²) >= 11 is 0. The molecule has 1 aromatic heterocycles. The van der Waals surface area contributed by atoms with E-state index in [0.29, 0.717) is 0 Å². The third kappa shape index (κ3) is 2.99. The molecule has 0 saturated carbocycles. The topological polar surface area (TPSA) is 84.6 Å². The molecule has 3 heterocycles. The molecular formula is C15H23N5O2. The monoisotopic (exact) mass is 305 g/mol. The number of hydrogen-bond donors (Lipinski definition) is 1. The van der Waals surface area contributed by atoms with Crippen molar-refractivity contribution in [1.82, 2.24) is 9.97 Å². The predicted molar refractivity (Wildman–Crippen MR) is 83.8 cm³/mol. The van der Waals surface area contributed by atoms with E-state index in [-0.39, 0.29) is 24.2 Å². The first-order valence-corrected chi connectivity index (χ1v) is 7.83. The van der Waals surface area contributed by atoms with E-state index < -0.39 is 0 Å². The molecule has 3 atom stereocenters. The van der Waals surface area contributed by atoms with Crippen LogP contribution in [0.3, 0.4) is 0 Å². The Morgan fingerprint density at radius 1 is 1.27 bits per heavy atom. The van der Waals surface area contributed by atoms with Crippen molar-refractivity contribution >= 4 is 17.5 Å². The largest absolute Gasteiger partial charge is 0.372 e. The highest BCUT2D eigenvalue weighted by molar-refractivity contribution is 5.84. The number of nitrogens with two attached hydrogens (primary N) is 1. The van der Waals surface area contributed by atoms with Crippen LogP contribution in [0.1, 0.15) is 26.7 Å². The highest BCUT2D eigenvalue weighted by atomic mass is 16.5. The van der Waals surface area contributed by atoms with Crippen molar-refractivity contribution in [2.75, 3.05) is 29.4 Å². The van der Waals surface area contributed by atoms with Crippen molar-refractivity contribution in [1.29, 1.82) is 0 Å². The molecule has 0 spiro atoms. The van der Waals surface area contributed by atoms with E-state index in [4.69, 9.17) is 10.5 Å². The Hall–Kier alpha value is -1.89. The number of nitrogens with zero attached hydrogens (tertiary/aromatic N) is 4. The Bertz CT molecular complexity index is 542. The van der Waals surface area contributed by atoms with Crippen LogP contribution < -0.4 is 15.5 Å². The van der Waals surface area contributed by atoms with Crippen molar-refractivity contribution < 1.29 is 9.53 Å². The maximum atomic E-state index is 11.6. The summed E-state index contributed by atoms with van der Waals surface area (Å²) in [6.45, 7) is 6.54. The number of anilines is 2. The van der Waals surface area contributed by atoms with E-state index in [0.717, 1.165) is 44.1 Å². The Morgan fingerprint density at radius 3 is 2.64 bits per heavy atom. The summed E-state index contributed by atoms with van der Waals surface area (Å²) in [6.07, 6.45) is 3.66.